The van der Waals surface area contributed by atoms with E-state index in [4.69, 9.17) is 0 Å². The van der Waals surface area contributed by atoms with E-state index in [2.05, 4.69) is 11.1 Å². The third-order valence-corrected chi connectivity index (χ3v) is 5.01. The summed E-state index contributed by atoms with van der Waals surface area (Å²) in [4.78, 5) is 0. The summed E-state index contributed by atoms with van der Waals surface area (Å²) in [7, 11) is -3.57. The molecule has 176 valence electrons. The second-order valence-electron chi connectivity index (χ2n) is 5.35. The van der Waals surface area contributed by atoms with E-state index in [1.807, 2.05) is 0 Å². The lowest BCUT2D eigenvalue weighted by atomic mass is 9.89. The highest BCUT2D eigenvalue weighted by atomic mass is 35.6. The maximum absolute atomic E-state index is 13.3. The summed E-state index contributed by atoms with van der Waals surface area (Å²) < 4.78 is 220. The molecule has 0 aromatic carbocycles. The van der Waals surface area contributed by atoms with Crippen LogP contribution in [0.2, 0.25) is 0 Å². The molecule has 0 fully saturated rings. The molecule has 0 nitrogen and oxygen atoms in total. The van der Waals surface area contributed by atoms with Gasteiger partial charge in [0.25, 0.3) is 6.43 Å². The average molecular weight is 513 g/mol. The van der Waals surface area contributed by atoms with Crippen molar-refractivity contribution in [1.82, 2.24) is 0 Å². The quantitative estimate of drug-likeness (QED) is 0.210. The Balaban J connectivity index is 6.49. The molecule has 29 heavy (non-hydrogen) atoms. The van der Waals surface area contributed by atoms with Crippen molar-refractivity contribution >= 4 is 19.9 Å². The van der Waals surface area contributed by atoms with Crippen LogP contribution in [0, 0.1) is 0 Å². The van der Waals surface area contributed by atoms with E-state index < -0.39 is 68.9 Å². The Morgan fingerprint density at radius 3 is 1.10 bits per heavy atom. The Labute approximate surface area is 155 Å². The number of alkyl halides is 17. The molecular weight excluding hydrogens is 507 g/mol. The fourth-order valence-electron chi connectivity index (χ4n) is 1.61. The number of halogens is 18. The first kappa shape index (κ1) is 28.3. The first-order valence-corrected chi connectivity index (χ1v) is 9.48. The topological polar surface area (TPSA) is 0 Å². The summed E-state index contributed by atoms with van der Waals surface area (Å²) in [5.41, 5.74) is 0. The third kappa shape index (κ3) is 3.98. The standard InChI is InChI=1S/C10H6ClF17Si/c11-29-4(16)6(19,20)8(23,24)10(27,28)9(25,26)7(21,22)5(17,18)2(13)1(12)3(14)15/h1-4H,29H2. The largest absolute Gasteiger partial charge is 0.384 e. The number of hydrogen-bond acceptors (Lipinski definition) is 0. The molecule has 0 aliphatic heterocycles. The molecular formula is C10H6ClF17Si. The van der Waals surface area contributed by atoms with E-state index in [1.54, 1.807) is 0 Å². The van der Waals surface area contributed by atoms with Gasteiger partial charge in [-0.1, -0.05) is 0 Å². The molecule has 0 amide bonds. The van der Waals surface area contributed by atoms with Crippen LogP contribution in [-0.2, 0) is 0 Å². The van der Waals surface area contributed by atoms with Gasteiger partial charge in [-0.05, 0) is 0 Å². The third-order valence-electron chi connectivity index (χ3n) is 3.42. The van der Waals surface area contributed by atoms with Gasteiger partial charge in [0.2, 0.25) is 6.17 Å². The van der Waals surface area contributed by atoms with Crippen LogP contribution in [0.15, 0.2) is 0 Å². The van der Waals surface area contributed by atoms with Crippen LogP contribution in [0.25, 0.3) is 0 Å². The van der Waals surface area contributed by atoms with Crippen molar-refractivity contribution < 1.29 is 74.6 Å². The summed E-state index contributed by atoms with van der Waals surface area (Å²) >= 11 is 4.46. The van der Waals surface area contributed by atoms with Crippen molar-refractivity contribution in [2.75, 3.05) is 0 Å². The van der Waals surface area contributed by atoms with Gasteiger partial charge in [-0.15, -0.1) is 0 Å². The van der Waals surface area contributed by atoms with E-state index in [9.17, 15) is 74.6 Å². The maximum atomic E-state index is 13.3. The predicted octanol–water partition coefficient (Wildman–Crippen LogP) is 5.36. The van der Waals surface area contributed by atoms with Crippen molar-refractivity contribution in [2.24, 2.45) is 0 Å². The molecule has 19 heteroatoms. The highest BCUT2D eigenvalue weighted by Crippen LogP contribution is 2.61. The second-order valence-corrected chi connectivity index (χ2v) is 7.30. The van der Waals surface area contributed by atoms with Crippen molar-refractivity contribution in [3.05, 3.63) is 0 Å². The maximum Gasteiger partial charge on any atom is 0.384 e. The summed E-state index contributed by atoms with van der Waals surface area (Å²) in [5, 5.41) is 0. The summed E-state index contributed by atoms with van der Waals surface area (Å²) in [6, 6.07) is 0. The Morgan fingerprint density at radius 2 is 0.828 bits per heavy atom. The number of rotatable bonds is 10. The Bertz CT molecular complexity index is 562. The van der Waals surface area contributed by atoms with E-state index in [0.29, 0.717) is 0 Å². The van der Waals surface area contributed by atoms with Crippen LogP contribution in [0.3, 0.4) is 0 Å². The molecule has 0 bridgehead atoms. The summed E-state index contributed by atoms with van der Waals surface area (Å²) in [5.74, 6) is -51.5. The van der Waals surface area contributed by atoms with Gasteiger partial charge in [0.1, 0.15) is 0 Å². The van der Waals surface area contributed by atoms with Crippen molar-refractivity contribution in [3.63, 3.8) is 0 Å². The lowest BCUT2D eigenvalue weighted by Gasteiger charge is -2.42. The smallest absolute Gasteiger partial charge is 0.244 e. The minimum atomic E-state index is -8.34. The summed E-state index contributed by atoms with van der Waals surface area (Å²) in [6.45, 7) is 0. The molecule has 0 saturated heterocycles. The average Bonchev–Trinajstić information content (AvgIpc) is 2.58. The molecule has 3 atom stereocenters. The van der Waals surface area contributed by atoms with Gasteiger partial charge >= 0.3 is 35.5 Å². The van der Waals surface area contributed by atoms with E-state index in [1.165, 1.54) is 0 Å². The highest BCUT2D eigenvalue weighted by Gasteiger charge is 2.91. The second kappa shape index (κ2) is 8.10. The SMILES string of the molecule is FC(F)C(F)C(F)C(F)(F)C(F)(F)C(F)(F)C(F)(F)C(F)(F)C(F)(F)C(F)[SiH2]Cl. The molecule has 0 N–H and O–H groups in total. The van der Waals surface area contributed by atoms with Gasteiger partial charge in [-0.25, -0.2) is 22.0 Å². The van der Waals surface area contributed by atoms with Gasteiger partial charge in [0.15, 0.2) is 20.8 Å². The van der Waals surface area contributed by atoms with Crippen LogP contribution >= 0.6 is 11.1 Å². The molecule has 0 aromatic rings. The molecule has 0 aliphatic rings. The molecule has 3 unspecified atom stereocenters. The van der Waals surface area contributed by atoms with Crippen molar-refractivity contribution in [3.8, 4) is 0 Å². The van der Waals surface area contributed by atoms with Crippen molar-refractivity contribution in [2.45, 2.75) is 60.1 Å². The highest BCUT2D eigenvalue weighted by molar-refractivity contribution is 6.94. The normalized spacial score (nSPS) is 19.1. The van der Waals surface area contributed by atoms with Crippen LogP contribution in [0.1, 0.15) is 0 Å². The number of hydrogen-bond donors (Lipinski definition) is 0. The zero-order valence-corrected chi connectivity index (χ0v) is 15.0. The molecule has 0 saturated carbocycles. The Morgan fingerprint density at radius 1 is 0.517 bits per heavy atom. The van der Waals surface area contributed by atoms with E-state index in [0.717, 1.165) is 0 Å². The molecule has 0 spiro atoms. The lowest BCUT2D eigenvalue weighted by molar-refractivity contribution is -0.432. The Hall–Kier alpha value is -0.683. The molecule has 0 rings (SSSR count). The summed E-state index contributed by atoms with van der Waals surface area (Å²) in [6.07, 6.45) is -15.6. The molecule has 0 radical (unpaired) electrons. The van der Waals surface area contributed by atoms with Gasteiger partial charge in [0, 0.05) is 0 Å². The molecule has 0 aliphatic carbocycles. The minimum Gasteiger partial charge on any atom is -0.244 e. The van der Waals surface area contributed by atoms with Gasteiger partial charge < -0.3 is 0 Å². The zero-order chi connectivity index (χ0) is 24.0. The van der Waals surface area contributed by atoms with Crippen molar-refractivity contribution in [1.29, 1.82) is 0 Å². The predicted molar refractivity (Wildman–Crippen MR) is 64.8 cm³/mol. The fourth-order valence-corrected chi connectivity index (χ4v) is 2.64. The minimum absolute atomic E-state index is 3.57. The fraction of sp³-hybridized carbons (Fsp3) is 1.00. The lowest BCUT2D eigenvalue weighted by Crippen LogP contribution is -2.73. The first-order chi connectivity index (χ1) is 12.5. The molecule has 0 heterocycles. The van der Waals surface area contributed by atoms with Gasteiger partial charge in [-0.2, -0.15) is 63.8 Å². The molecule has 0 aromatic heterocycles. The van der Waals surface area contributed by atoms with Crippen LogP contribution in [0.4, 0.5) is 74.6 Å². The van der Waals surface area contributed by atoms with E-state index in [-0.39, 0.29) is 0 Å². The van der Waals surface area contributed by atoms with Gasteiger partial charge in [0.05, 0.1) is 0 Å². The van der Waals surface area contributed by atoms with Crippen LogP contribution < -0.4 is 0 Å². The van der Waals surface area contributed by atoms with Crippen LogP contribution in [0.5, 0.6) is 0 Å². The van der Waals surface area contributed by atoms with Gasteiger partial charge in [-0.3, -0.25) is 0 Å². The van der Waals surface area contributed by atoms with E-state index >= 15 is 0 Å². The van der Waals surface area contributed by atoms with Crippen LogP contribution in [-0.4, -0.2) is 68.9 Å². The Kier molecular flexibility index (Phi) is 7.91. The zero-order valence-electron chi connectivity index (χ0n) is 12.8. The monoisotopic (exact) mass is 512 g/mol. The first-order valence-electron chi connectivity index (χ1n) is 6.53.